The third-order valence-electron chi connectivity index (χ3n) is 2.53. The second-order valence-corrected chi connectivity index (χ2v) is 4.12. The van der Waals surface area contributed by atoms with E-state index in [9.17, 15) is 0 Å². The minimum Gasteiger partial charge on any atom is -0.344 e. The molecule has 0 bridgehead atoms. The molecule has 0 radical (unpaired) electrons. The highest BCUT2D eigenvalue weighted by Gasteiger charge is 2.25. The van der Waals surface area contributed by atoms with E-state index in [4.69, 9.17) is 17.3 Å². The smallest absolute Gasteiger partial charge is 0.222 e. The highest BCUT2D eigenvalue weighted by Crippen LogP contribution is 2.24. The van der Waals surface area contributed by atoms with Crippen molar-refractivity contribution in [3.8, 4) is 0 Å². The molecule has 0 aliphatic carbocycles. The van der Waals surface area contributed by atoms with Gasteiger partial charge in [0.1, 0.15) is 0 Å². The normalized spacial score (nSPS) is 13.6. The van der Waals surface area contributed by atoms with Crippen molar-refractivity contribution in [2.24, 2.45) is 5.73 Å². The summed E-state index contributed by atoms with van der Waals surface area (Å²) >= 11 is 5.76. The lowest BCUT2D eigenvalue weighted by Crippen LogP contribution is -2.35. The van der Waals surface area contributed by atoms with E-state index in [0.29, 0.717) is 5.69 Å². The molecule has 0 saturated heterocycles. The maximum absolute atomic E-state index is 6.28. The Morgan fingerprint density at radius 1 is 1.18 bits per heavy atom. The molecule has 0 saturated carbocycles. The summed E-state index contributed by atoms with van der Waals surface area (Å²) < 4.78 is 0. The van der Waals surface area contributed by atoms with Crippen LogP contribution in [-0.4, -0.2) is 9.97 Å². The Morgan fingerprint density at radius 3 is 2.41 bits per heavy atom. The van der Waals surface area contributed by atoms with E-state index >= 15 is 0 Å². The molecule has 0 aliphatic rings. The molecule has 1 unspecified atom stereocenters. The monoisotopic (exact) mass is 250 g/mol. The summed E-state index contributed by atoms with van der Waals surface area (Å²) in [6.07, 6.45) is 1.61. The Kier molecular flexibility index (Phi) is 4.17. The summed E-state index contributed by atoms with van der Waals surface area (Å²) in [5.41, 5.74) is 7.32. The number of hydrogen-bond acceptors (Lipinski definition) is 4. The van der Waals surface area contributed by atoms with Crippen molar-refractivity contribution < 1.29 is 0 Å². The first kappa shape index (κ1) is 13.6. The maximum Gasteiger partial charge on any atom is 0.222 e. The zero-order chi connectivity index (χ0) is 11.6. The lowest BCUT2D eigenvalue weighted by Gasteiger charge is -2.24. The van der Waals surface area contributed by atoms with Crippen LogP contribution < -0.4 is 11.9 Å². The molecule has 1 aromatic heterocycles. The minimum absolute atomic E-state index is 0. The summed E-state index contributed by atoms with van der Waals surface area (Å²) in [7, 11) is 0. The molecule has 4 nitrogen and oxygen atoms in total. The zero-order valence-corrected chi connectivity index (χ0v) is 10.4. The SMILES string of the molecule is CC(N)(c1ccccc1)c1ccnc(Cl)n1.N. The molecule has 90 valence electrons. The predicted molar refractivity (Wildman–Crippen MR) is 69.1 cm³/mol. The van der Waals surface area contributed by atoms with Gasteiger partial charge in [-0.3, -0.25) is 0 Å². The van der Waals surface area contributed by atoms with Crippen LogP contribution in [0.1, 0.15) is 18.2 Å². The largest absolute Gasteiger partial charge is 0.344 e. The quantitative estimate of drug-likeness (QED) is 0.802. The van der Waals surface area contributed by atoms with Gasteiger partial charge in [0.15, 0.2) is 0 Å². The van der Waals surface area contributed by atoms with Crippen LogP contribution in [0.3, 0.4) is 0 Å². The molecular formula is C12H15ClN4. The number of aromatic nitrogens is 2. The molecule has 17 heavy (non-hydrogen) atoms. The van der Waals surface area contributed by atoms with E-state index in [1.807, 2.05) is 37.3 Å². The minimum atomic E-state index is -0.659. The number of rotatable bonds is 2. The fourth-order valence-electron chi connectivity index (χ4n) is 1.56. The summed E-state index contributed by atoms with van der Waals surface area (Å²) in [5, 5.41) is 0.213. The van der Waals surface area contributed by atoms with Crippen molar-refractivity contribution in [1.82, 2.24) is 16.1 Å². The van der Waals surface area contributed by atoms with Crippen LogP contribution >= 0.6 is 11.6 Å². The Morgan fingerprint density at radius 2 is 1.82 bits per heavy atom. The van der Waals surface area contributed by atoms with E-state index in [1.165, 1.54) is 0 Å². The fourth-order valence-corrected chi connectivity index (χ4v) is 1.70. The van der Waals surface area contributed by atoms with Gasteiger partial charge in [0.25, 0.3) is 0 Å². The Labute approximate surface area is 105 Å². The average molecular weight is 251 g/mol. The summed E-state index contributed by atoms with van der Waals surface area (Å²) in [5.74, 6) is 0. The van der Waals surface area contributed by atoms with Crippen LogP contribution in [0, 0.1) is 0 Å². The highest BCUT2D eigenvalue weighted by atomic mass is 35.5. The molecule has 0 amide bonds. The molecule has 5 heteroatoms. The van der Waals surface area contributed by atoms with Gasteiger partial charge in [-0.05, 0) is 30.2 Å². The van der Waals surface area contributed by atoms with Gasteiger partial charge in [-0.2, -0.15) is 0 Å². The number of nitrogens with two attached hydrogens (primary N) is 1. The highest BCUT2D eigenvalue weighted by molar-refractivity contribution is 6.28. The van der Waals surface area contributed by atoms with Crippen molar-refractivity contribution in [3.63, 3.8) is 0 Å². The third kappa shape index (κ3) is 2.79. The van der Waals surface area contributed by atoms with Crippen LogP contribution in [-0.2, 0) is 5.54 Å². The van der Waals surface area contributed by atoms with E-state index in [1.54, 1.807) is 12.3 Å². The number of hydrogen-bond donors (Lipinski definition) is 2. The molecule has 0 fully saturated rings. The Hall–Kier alpha value is -1.49. The first-order valence-electron chi connectivity index (χ1n) is 4.94. The fraction of sp³-hybridized carbons (Fsp3) is 0.167. The van der Waals surface area contributed by atoms with Crippen LogP contribution in [0.4, 0.5) is 0 Å². The topological polar surface area (TPSA) is 86.8 Å². The van der Waals surface area contributed by atoms with E-state index in [2.05, 4.69) is 9.97 Å². The van der Waals surface area contributed by atoms with Crippen molar-refractivity contribution in [2.75, 3.05) is 0 Å². The molecule has 0 aliphatic heterocycles. The predicted octanol–water partition coefficient (Wildman–Crippen LogP) is 2.51. The van der Waals surface area contributed by atoms with Crippen molar-refractivity contribution >= 4 is 11.6 Å². The Bertz CT molecular complexity index is 485. The standard InChI is InChI=1S/C12H12ClN3.H3N/c1-12(14,9-5-3-2-4-6-9)10-7-8-15-11(13)16-10;/h2-8H,14H2,1H3;1H3. The zero-order valence-electron chi connectivity index (χ0n) is 9.60. The summed E-state index contributed by atoms with van der Waals surface area (Å²) in [6, 6.07) is 11.6. The van der Waals surface area contributed by atoms with Gasteiger partial charge in [-0.1, -0.05) is 30.3 Å². The molecule has 5 N–H and O–H groups in total. The molecule has 1 atom stereocenters. The lowest BCUT2D eigenvalue weighted by molar-refractivity contribution is 0.579. The van der Waals surface area contributed by atoms with Crippen molar-refractivity contribution in [1.29, 1.82) is 0 Å². The summed E-state index contributed by atoms with van der Waals surface area (Å²) in [6.45, 7) is 1.90. The van der Waals surface area contributed by atoms with Crippen molar-refractivity contribution in [3.05, 3.63) is 59.1 Å². The Balaban J connectivity index is 0.00000144. The number of benzene rings is 1. The second-order valence-electron chi connectivity index (χ2n) is 3.78. The van der Waals surface area contributed by atoms with Gasteiger partial charge in [-0.15, -0.1) is 0 Å². The van der Waals surface area contributed by atoms with E-state index in [0.717, 1.165) is 5.56 Å². The second kappa shape index (κ2) is 5.23. The molecular weight excluding hydrogens is 236 g/mol. The van der Waals surface area contributed by atoms with Gasteiger partial charge in [0, 0.05) is 6.20 Å². The molecule has 1 aromatic carbocycles. The first-order valence-corrected chi connectivity index (χ1v) is 5.32. The van der Waals surface area contributed by atoms with Gasteiger partial charge in [0.2, 0.25) is 5.28 Å². The van der Waals surface area contributed by atoms with Gasteiger partial charge in [-0.25, -0.2) is 9.97 Å². The van der Waals surface area contributed by atoms with Crippen LogP contribution in [0.2, 0.25) is 5.28 Å². The molecule has 2 rings (SSSR count). The van der Waals surface area contributed by atoms with Gasteiger partial charge < -0.3 is 11.9 Å². The van der Waals surface area contributed by atoms with Crippen molar-refractivity contribution in [2.45, 2.75) is 12.5 Å². The van der Waals surface area contributed by atoms with E-state index in [-0.39, 0.29) is 11.4 Å². The van der Waals surface area contributed by atoms with Crippen LogP contribution in [0.15, 0.2) is 42.6 Å². The van der Waals surface area contributed by atoms with Crippen LogP contribution in [0.25, 0.3) is 0 Å². The maximum atomic E-state index is 6.28. The number of halogens is 1. The first-order chi connectivity index (χ1) is 7.60. The lowest BCUT2D eigenvalue weighted by atomic mass is 9.90. The van der Waals surface area contributed by atoms with E-state index < -0.39 is 5.54 Å². The summed E-state index contributed by atoms with van der Waals surface area (Å²) in [4.78, 5) is 8.00. The van der Waals surface area contributed by atoms with Gasteiger partial charge >= 0.3 is 0 Å². The number of nitrogens with zero attached hydrogens (tertiary/aromatic N) is 2. The molecule has 2 aromatic rings. The van der Waals surface area contributed by atoms with Gasteiger partial charge in [0.05, 0.1) is 11.2 Å². The molecule has 1 heterocycles. The third-order valence-corrected chi connectivity index (χ3v) is 2.71. The molecule has 0 spiro atoms. The average Bonchev–Trinajstić information content (AvgIpc) is 2.30. The van der Waals surface area contributed by atoms with Crippen LogP contribution in [0.5, 0.6) is 0 Å².